The van der Waals surface area contributed by atoms with Gasteiger partial charge in [0, 0.05) is 0 Å². The molecule has 0 aliphatic rings. The summed E-state index contributed by atoms with van der Waals surface area (Å²) >= 11 is 2.17. The van der Waals surface area contributed by atoms with Gasteiger partial charge in [0.2, 0.25) is 0 Å². The summed E-state index contributed by atoms with van der Waals surface area (Å²) < 4.78 is 25.6. The average Bonchev–Trinajstić information content (AvgIpc) is 2.71. The highest BCUT2D eigenvalue weighted by atomic mass is 127. The fourth-order valence-corrected chi connectivity index (χ4v) is 3.61. The molecule has 0 amide bonds. The Morgan fingerprint density at radius 3 is 2.55 bits per heavy atom. The quantitative estimate of drug-likeness (QED) is 0.224. The number of rotatable bonds is 6. The molecule has 3 nitrogen and oxygen atoms in total. The summed E-state index contributed by atoms with van der Waals surface area (Å²) in [7, 11) is 1.57. The molecule has 0 atom stereocenters. The van der Waals surface area contributed by atoms with Crippen LogP contribution in [-0.2, 0) is 6.61 Å². The lowest BCUT2D eigenvalue weighted by atomic mass is 10.0. The summed E-state index contributed by atoms with van der Waals surface area (Å²) in [5.41, 5.74) is 4.14. The first kappa shape index (κ1) is 20.9. The van der Waals surface area contributed by atoms with Crippen LogP contribution in [0.25, 0.3) is 11.6 Å². The number of ether oxygens (including phenoxy) is 2. The zero-order valence-corrected chi connectivity index (χ0v) is 18.2. The lowest BCUT2D eigenvalue weighted by molar-refractivity contribution is 0.282. The van der Waals surface area contributed by atoms with Crippen LogP contribution in [-0.4, -0.2) is 7.11 Å². The van der Waals surface area contributed by atoms with Crippen molar-refractivity contribution in [2.45, 2.75) is 13.5 Å². The molecule has 0 aliphatic carbocycles. The molecule has 0 unspecified atom stereocenters. The van der Waals surface area contributed by atoms with Gasteiger partial charge in [-0.2, -0.15) is 5.26 Å². The normalized spacial score (nSPS) is 11.1. The van der Waals surface area contributed by atoms with Gasteiger partial charge in [0.1, 0.15) is 12.4 Å². The van der Waals surface area contributed by atoms with Gasteiger partial charge in [0.25, 0.3) is 0 Å². The lowest BCUT2D eigenvalue weighted by Crippen LogP contribution is -2.00. The minimum Gasteiger partial charge on any atom is -0.493 e. The summed E-state index contributed by atoms with van der Waals surface area (Å²) in [6, 6.07) is 20.1. The number of aryl methyl sites for hydroxylation is 1. The average molecular weight is 499 g/mol. The van der Waals surface area contributed by atoms with Crippen LogP contribution in [0.1, 0.15) is 22.3 Å². The SMILES string of the molecule is COc1cc(/C=C(/C#N)c2ccc(C)cc2)cc(I)c1OCc1cccc(F)c1. The molecule has 0 N–H and O–H groups in total. The topological polar surface area (TPSA) is 42.2 Å². The molecule has 0 saturated heterocycles. The predicted octanol–water partition coefficient (Wildman–Crippen LogP) is 6.39. The molecule has 0 saturated carbocycles. The second-order valence-corrected chi connectivity index (χ2v) is 7.65. The Labute approximate surface area is 183 Å². The van der Waals surface area contributed by atoms with Crippen molar-refractivity contribution in [2.24, 2.45) is 0 Å². The molecule has 0 heterocycles. The maximum absolute atomic E-state index is 13.4. The zero-order valence-electron chi connectivity index (χ0n) is 16.1. The molecule has 29 heavy (non-hydrogen) atoms. The standard InChI is InChI=1S/C24H19FINO2/c1-16-6-8-19(9-7-16)20(14-27)10-18-12-22(26)24(23(13-18)28-2)29-15-17-4-3-5-21(25)11-17/h3-13H,15H2,1-2H3/b20-10-. The van der Waals surface area contributed by atoms with E-state index in [-0.39, 0.29) is 12.4 Å². The van der Waals surface area contributed by atoms with Crippen molar-refractivity contribution in [3.05, 3.63) is 92.3 Å². The summed E-state index contributed by atoms with van der Waals surface area (Å²) in [5, 5.41) is 9.59. The van der Waals surface area contributed by atoms with Crippen molar-refractivity contribution >= 4 is 34.2 Å². The molecule has 0 fully saturated rings. The molecule has 3 rings (SSSR count). The van der Waals surface area contributed by atoms with Crippen LogP contribution >= 0.6 is 22.6 Å². The van der Waals surface area contributed by atoms with Gasteiger partial charge in [0.15, 0.2) is 11.5 Å². The van der Waals surface area contributed by atoms with Crippen LogP contribution in [0.5, 0.6) is 11.5 Å². The van der Waals surface area contributed by atoms with E-state index in [0.29, 0.717) is 17.1 Å². The Morgan fingerprint density at radius 2 is 1.90 bits per heavy atom. The molecular weight excluding hydrogens is 480 g/mol. The monoisotopic (exact) mass is 499 g/mol. The summed E-state index contributed by atoms with van der Waals surface area (Å²) in [6.07, 6.45) is 1.83. The van der Waals surface area contributed by atoms with E-state index in [1.54, 1.807) is 19.2 Å². The second-order valence-electron chi connectivity index (χ2n) is 6.49. The van der Waals surface area contributed by atoms with Crippen LogP contribution in [0.15, 0.2) is 60.7 Å². The number of nitriles is 1. The number of benzene rings is 3. The van der Waals surface area contributed by atoms with E-state index in [0.717, 1.165) is 25.8 Å². The van der Waals surface area contributed by atoms with Gasteiger partial charge in [-0.1, -0.05) is 42.0 Å². The lowest BCUT2D eigenvalue weighted by Gasteiger charge is -2.14. The Bertz CT molecular complexity index is 1090. The zero-order chi connectivity index (χ0) is 20.8. The maximum atomic E-state index is 13.4. The van der Waals surface area contributed by atoms with E-state index in [1.165, 1.54) is 12.1 Å². The third-order valence-corrected chi connectivity index (χ3v) is 5.12. The Kier molecular flexibility index (Phi) is 6.89. The van der Waals surface area contributed by atoms with Crippen molar-refractivity contribution < 1.29 is 13.9 Å². The summed E-state index contributed by atoms with van der Waals surface area (Å²) in [5.74, 6) is 0.845. The first-order chi connectivity index (χ1) is 14.0. The predicted molar refractivity (Wildman–Crippen MR) is 121 cm³/mol. The molecule has 0 aromatic heterocycles. The fraction of sp³-hybridized carbons (Fsp3) is 0.125. The largest absolute Gasteiger partial charge is 0.493 e. The number of hydrogen-bond acceptors (Lipinski definition) is 3. The second kappa shape index (κ2) is 9.57. The minimum absolute atomic E-state index is 0.228. The Balaban J connectivity index is 1.89. The molecule has 0 spiro atoms. The summed E-state index contributed by atoms with van der Waals surface area (Å²) in [6.45, 7) is 2.24. The number of nitrogens with zero attached hydrogens (tertiary/aromatic N) is 1. The van der Waals surface area contributed by atoms with Crippen LogP contribution in [0.3, 0.4) is 0 Å². The molecule has 3 aromatic carbocycles. The van der Waals surface area contributed by atoms with E-state index in [4.69, 9.17) is 9.47 Å². The third-order valence-electron chi connectivity index (χ3n) is 4.32. The molecule has 5 heteroatoms. The van der Waals surface area contributed by atoms with Crippen LogP contribution in [0.4, 0.5) is 4.39 Å². The van der Waals surface area contributed by atoms with Gasteiger partial charge in [-0.05, 0) is 76.5 Å². The van der Waals surface area contributed by atoms with Crippen molar-refractivity contribution in [3.8, 4) is 17.6 Å². The van der Waals surface area contributed by atoms with Crippen molar-refractivity contribution in [2.75, 3.05) is 7.11 Å². The van der Waals surface area contributed by atoms with Gasteiger partial charge in [-0.3, -0.25) is 0 Å². The van der Waals surface area contributed by atoms with Gasteiger partial charge in [-0.25, -0.2) is 4.39 Å². The number of hydrogen-bond donors (Lipinski definition) is 0. The smallest absolute Gasteiger partial charge is 0.174 e. The number of allylic oxidation sites excluding steroid dienone is 1. The van der Waals surface area contributed by atoms with Gasteiger partial charge < -0.3 is 9.47 Å². The highest BCUT2D eigenvalue weighted by molar-refractivity contribution is 14.1. The molecule has 0 bridgehead atoms. The van der Waals surface area contributed by atoms with E-state index in [1.807, 2.05) is 49.4 Å². The molecule has 0 aliphatic heterocycles. The van der Waals surface area contributed by atoms with Crippen LogP contribution in [0, 0.1) is 27.6 Å². The summed E-state index contributed by atoms with van der Waals surface area (Å²) in [4.78, 5) is 0. The van der Waals surface area contributed by atoms with E-state index >= 15 is 0 Å². The maximum Gasteiger partial charge on any atom is 0.174 e. The molecule has 0 radical (unpaired) electrons. The Hall–Kier alpha value is -2.85. The minimum atomic E-state index is -0.298. The van der Waals surface area contributed by atoms with Gasteiger partial charge in [-0.15, -0.1) is 0 Å². The third kappa shape index (κ3) is 5.36. The first-order valence-corrected chi connectivity index (χ1v) is 10.0. The van der Waals surface area contributed by atoms with E-state index < -0.39 is 0 Å². The van der Waals surface area contributed by atoms with Crippen LogP contribution < -0.4 is 9.47 Å². The molecule has 146 valence electrons. The number of methoxy groups -OCH3 is 1. The highest BCUT2D eigenvalue weighted by Gasteiger charge is 2.12. The first-order valence-electron chi connectivity index (χ1n) is 8.94. The van der Waals surface area contributed by atoms with Gasteiger partial charge >= 0.3 is 0 Å². The number of halogens is 2. The van der Waals surface area contributed by atoms with Crippen LogP contribution in [0.2, 0.25) is 0 Å². The van der Waals surface area contributed by atoms with E-state index in [9.17, 15) is 9.65 Å². The fourth-order valence-electron chi connectivity index (χ4n) is 2.83. The van der Waals surface area contributed by atoms with Crippen molar-refractivity contribution in [1.29, 1.82) is 5.26 Å². The highest BCUT2D eigenvalue weighted by Crippen LogP contribution is 2.35. The molecular formula is C24H19FINO2. The Morgan fingerprint density at radius 1 is 1.14 bits per heavy atom. The van der Waals surface area contributed by atoms with Gasteiger partial charge in [0.05, 0.1) is 22.3 Å². The van der Waals surface area contributed by atoms with E-state index in [2.05, 4.69) is 28.7 Å². The van der Waals surface area contributed by atoms with Crippen molar-refractivity contribution in [1.82, 2.24) is 0 Å². The van der Waals surface area contributed by atoms with Crippen molar-refractivity contribution in [3.63, 3.8) is 0 Å². The molecule has 3 aromatic rings.